The van der Waals surface area contributed by atoms with Gasteiger partial charge >= 0.3 is 24.2 Å². The summed E-state index contributed by atoms with van der Waals surface area (Å²) in [5.74, 6) is -1.04. The van der Waals surface area contributed by atoms with E-state index >= 15 is 0 Å². The summed E-state index contributed by atoms with van der Waals surface area (Å²) in [6, 6.07) is 0. The normalized spacial score (nSPS) is 9.68. The Morgan fingerprint density at radius 3 is 1.32 bits per heavy atom. The molecule has 0 aliphatic rings. The van der Waals surface area contributed by atoms with Crippen LogP contribution < -0.4 is 0 Å². The molecule has 0 unspecified atom stereocenters. The van der Waals surface area contributed by atoms with Gasteiger partial charge in [0.25, 0.3) is 0 Å². The molecule has 0 rings (SSSR count). The molecule has 0 bridgehead atoms. The first-order valence-corrected chi connectivity index (χ1v) is 7.89. The van der Waals surface area contributed by atoms with Crippen molar-refractivity contribution in [1.29, 1.82) is 0 Å². The van der Waals surface area contributed by atoms with Gasteiger partial charge < -0.3 is 28.4 Å². The zero-order valence-corrected chi connectivity index (χ0v) is 14.4. The van der Waals surface area contributed by atoms with E-state index in [0.717, 1.165) is 0 Å². The quantitative estimate of drug-likeness (QED) is 0.220. The summed E-state index contributed by atoms with van der Waals surface area (Å²) in [7, 11) is 0. The van der Waals surface area contributed by atoms with Crippen molar-refractivity contribution in [2.24, 2.45) is 0 Å². The van der Waals surface area contributed by atoms with Gasteiger partial charge in [0, 0.05) is 12.8 Å². The number of esters is 2. The smallest absolute Gasteiger partial charge is 0.435 e. The van der Waals surface area contributed by atoms with Crippen molar-refractivity contribution >= 4 is 24.2 Å². The van der Waals surface area contributed by atoms with E-state index < -0.39 is 37.8 Å². The Morgan fingerprint density at radius 1 is 0.560 bits per heavy atom. The largest absolute Gasteiger partial charge is 0.511 e. The van der Waals surface area contributed by atoms with Crippen molar-refractivity contribution in [3.05, 3.63) is 0 Å². The Bertz CT molecular complexity index is 383. The molecule has 0 aromatic heterocycles. The first-order chi connectivity index (χ1) is 12.0. The van der Waals surface area contributed by atoms with E-state index in [1.807, 2.05) is 0 Å². The Balaban J connectivity index is 3.49. The van der Waals surface area contributed by atoms with Crippen LogP contribution in [0.15, 0.2) is 0 Å². The summed E-state index contributed by atoms with van der Waals surface area (Å²) in [6.07, 6.45) is 0.0686. The fraction of sp³-hybridized carbons (Fsp3) is 0.733. The van der Waals surface area contributed by atoms with Crippen LogP contribution in [0.1, 0.15) is 46.0 Å². The average Bonchev–Trinajstić information content (AvgIpc) is 2.55. The highest BCUT2D eigenvalue weighted by Gasteiger charge is 2.08. The van der Waals surface area contributed by atoms with Crippen LogP contribution in [0.2, 0.25) is 0 Å². The molecule has 0 radical (unpaired) electrons. The van der Waals surface area contributed by atoms with E-state index in [4.69, 9.17) is 0 Å². The van der Waals surface area contributed by atoms with Gasteiger partial charge in [-0.25, -0.2) is 9.59 Å². The highest BCUT2D eigenvalue weighted by atomic mass is 16.8. The molecule has 0 aliphatic carbocycles. The maximum absolute atomic E-state index is 11.3. The lowest BCUT2D eigenvalue weighted by Gasteiger charge is -2.06. The highest BCUT2D eigenvalue weighted by molar-refractivity contribution is 5.70. The van der Waals surface area contributed by atoms with Crippen LogP contribution in [0.25, 0.3) is 0 Å². The van der Waals surface area contributed by atoms with Crippen molar-refractivity contribution in [2.45, 2.75) is 46.0 Å². The zero-order chi connectivity index (χ0) is 18.9. The number of hydrogen-bond acceptors (Lipinski definition) is 10. The first-order valence-electron chi connectivity index (χ1n) is 7.89. The number of hydrogen-bond donors (Lipinski definition) is 0. The second kappa shape index (κ2) is 15.0. The molecule has 25 heavy (non-hydrogen) atoms. The van der Waals surface area contributed by atoms with Crippen LogP contribution in [0, 0.1) is 0 Å². The molecular weight excluding hydrogens is 340 g/mol. The SMILES string of the molecule is CCOC(=O)OCOC(=O)CCCCCC(=O)OCOC(=O)OCC. The van der Waals surface area contributed by atoms with Crippen LogP contribution >= 0.6 is 0 Å². The Hall–Kier alpha value is -2.52. The molecular formula is C15H24O10. The Morgan fingerprint density at radius 2 is 0.960 bits per heavy atom. The Labute approximate surface area is 145 Å². The van der Waals surface area contributed by atoms with Crippen LogP contribution in [-0.4, -0.2) is 51.0 Å². The van der Waals surface area contributed by atoms with E-state index in [2.05, 4.69) is 28.4 Å². The van der Waals surface area contributed by atoms with E-state index in [1.54, 1.807) is 13.8 Å². The predicted molar refractivity (Wildman–Crippen MR) is 81.2 cm³/mol. The number of unbranched alkanes of at least 4 members (excludes halogenated alkanes) is 2. The van der Waals surface area contributed by atoms with Gasteiger partial charge in [0.1, 0.15) is 0 Å². The lowest BCUT2D eigenvalue weighted by atomic mass is 10.1. The second-order valence-corrected chi connectivity index (χ2v) is 4.48. The van der Waals surface area contributed by atoms with Gasteiger partial charge in [-0.1, -0.05) is 6.42 Å². The molecule has 0 atom stereocenters. The van der Waals surface area contributed by atoms with Gasteiger partial charge in [0.05, 0.1) is 13.2 Å². The van der Waals surface area contributed by atoms with Gasteiger partial charge in [-0.05, 0) is 26.7 Å². The van der Waals surface area contributed by atoms with Crippen molar-refractivity contribution in [2.75, 3.05) is 26.8 Å². The summed E-state index contributed by atoms with van der Waals surface area (Å²) in [6.45, 7) is 2.59. The number of carbonyl (C=O) groups is 4. The minimum atomic E-state index is -0.902. The molecule has 10 nitrogen and oxygen atoms in total. The van der Waals surface area contributed by atoms with Crippen LogP contribution in [-0.2, 0) is 38.0 Å². The predicted octanol–water partition coefficient (Wildman–Crippen LogP) is 2.28. The molecule has 0 spiro atoms. The van der Waals surface area contributed by atoms with Crippen LogP contribution in [0.3, 0.4) is 0 Å². The average molecular weight is 364 g/mol. The fourth-order valence-corrected chi connectivity index (χ4v) is 1.47. The molecule has 0 heterocycles. The summed E-state index contributed by atoms with van der Waals surface area (Å²) in [5.41, 5.74) is 0. The summed E-state index contributed by atoms with van der Waals surface area (Å²) in [5, 5.41) is 0. The summed E-state index contributed by atoms with van der Waals surface area (Å²) in [4.78, 5) is 44.3. The fourth-order valence-electron chi connectivity index (χ4n) is 1.47. The van der Waals surface area contributed by atoms with Crippen molar-refractivity contribution in [1.82, 2.24) is 0 Å². The topological polar surface area (TPSA) is 124 Å². The summed E-state index contributed by atoms with van der Waals surface area (Å²) < 4.78 is 27.2. The highest BCUT2D eigenvalue weighted by Crippen LogP contribution is 2.05. The molecule has 10 heteroatoms. The summed E-state index contributed by atoms with van der Waals surface area (Å²) >= 11 is 0. The maximum Gasteiger partial charge on any atom is 0.511 e. The minimum absolute atomic E-state index is 0.132. The molecule has 0 saturated heterocycles. The van der Waals surface area contributed by atoms with E-state index in [1.165, 1.54) is 0 Å². The number of rotatable bonds is 12. The molecule has 0 aromatic rings. The molecule has 0 amide bonds. The van der Waals surface area contributed by atoms with Gasteiger partial charge in [-0.3, -0.25) is 9.59 Å². The lowest BCUT2D eigenvalue weighted by Crippen LogP contribution is -2.14. The van der Waals surface area contributed by atoms with E-state index in [9.17, 15) is 19.2 Å². The van der Waals surface area contributed by atoms with Gasteiger partial charge in [-0.2, -0.15) is 0 Å². The van der Waals surface area contributed by atoms with Crippen molar-refractivity contribution in [3.8, 4) is 0 Å². The third-order valence-electron chi connectivity index (χ3n) is 2.58. The molecule has 0 N–H and O–H groups in total. The second-order valence-electron chi connectivity index (χ2n) is 4.48. The maximum atomic E-state index is 11.3. The molecule has 0 fully saturated rings. The van der Waals surface area contributed by atoms with Crippen LogP contribution in [0.4, 0.5) is 9.59 Å². The standard InChI is InChI=1S/C15H24O10/c1-3-20-14(18)24-10-22-12(16)8-6-5-7-9-13(17)23-11-25-15(19)21-4-2/h3-11H2,1-2H3. The van der Waals surface area contributed by atoms with Gasteiger partial charge in [0.15, 0.2) is 0 Å². The first kappa shape index (κ1) is 22.5. The van der Waals surface area contributed by atoms with E-state index in [-0.39, 0.29) is 26.1 Å². The Kier molecular flexibility index (Phi) is 13.5. The van der Waals surface area contributed by atoms with E-state index in [0.29, 0.717) is 19.3 Å². The van der Waals surface area contributed by atoms with Gasteiger partial charge in [0.2, 0.25) is 13.6 Å². The lowest BCUT2D eigenvalue weighted by molar-refractivity contribution is -0.154. The monoisotopic (exact) mass is 364 g/mol. The molecule has 144 valence electrons. The third kappa shape index (κ3) is 14.8. The molecule has 0 aromatic carbocycles. The van der Waals surface area contributed by atoms with Crippen molar-refractivity contribution in [3.63, 3.8) is 0 Å². The van der Waals surface area contributed by atoms with Crippen molar-refractivity contribution < 1.29 is 47.6 Å². The number of ether oxygens (including phenoxy) is 6. The van der Waals surface area contributed by atoms with Gasteiger partial charge in [-0.15, -0.1) is 0 Å². The third-order valence-corrected chi connectivity index (χ3v) is 2.58. The molecule has 0 aliphatic heterocycles. The number of carbonyl (C=O) groups excluding carboxylic acids is 4. The zero-order valence-electron chi connectivity index (χ0n) is 14.4. The molecule has 0 saturated carbocycles. The van der Waals surface area contributed by atoms with Crippen LogP contribution in [0.5, 0.6) is 0 Å². The minimum Gasteiger partial charge on any atom is -0.435 e.